The van der Waals surface area contributed by atoms with Gasteiger partial charge in [-0.25, -0.2) is 9.18 Å². The van der Waals surface area contributed by atoms with Gasteiger partial charge in [0.25, 0.3) is 0 Å². The number of hydrogen-bond donors (Lipinski definition) is 0. The molecule has 0 N–H and O–H groups in total. The molecule has 0 radical (unpaired) electrons. The predicted octanol–water partition coefficient (Wildman–Crippen LogP) is 6.05. The Morgan fingerprint density at radius 1 is 1.24 bits per heavy atom. The molecule has 0 spiro atoms. The Bertz CT molecular complexity index is 803. The zero-order chi connectivity index (χ0) is 18.9. The van der Waals surface area contributed by atoms with Crippen LogP contribution < -0.4 is 9.64 Å². The molecule has 1 amide bonds. The van der Waals surface area contributed by atoms with Gasteiger partial charge in [-0.05, 0) is 65.4 Å². The molecule has 0 bridgehead atoms. The van der Waals surface area contributed by atoms with Crippen molar-refractivity contribution >= 4 is 46.0 Å². The molecule has 0 saturated heterocycles. The van der Waals surface area contributed by atoms with Gasteiger partial charge in [-0.15, -0.1) is 0 Å². The minimum atomic E-state index is -4.49. The second-order valence-electron chi connectivity index (χ2n) is 5.13. The number of halogens is 6. The average Bonchev–Trinajstić information content (AvgIpc) is 2.51. The van der Waals surface area contributed by atoms with Gasteiger partial charge in [-0.1, -0.05) is 11.6 Å². The number of hydrogen-bond acceptors (Lipinski definition) is 2. The number of carbonyl (C=O) groups excluding carboxylic acids is 1. The van der Waals surface area contributed by atoms with E-state index in [1.54, 1.807) is 22.6 Å². The number of anilines is 1. The van der Waals surface area contributed by atoms with Gasteiger partial charge in [0.1, 0.15) is 11.6 Å². The summed E-state index contributed by atoms with van der Waals surface area (Å²) in [6.45, 7) is 1.41. The molecule has 0 unspecified atom stereocenters. The number of ether oxygens (including phenoxy) is 1. The minimum absolute atomic E-state index is 0.0265. The van der Waals surface area contributed by atoms with Crippen molar-refractivity contribution in [3.05, 3.63) is 55.9 Å². The summed E-state index contributed by atoms with van der Waals surface area (Å²) in [5, 5.41) is -0.169. The minimum Gasteiger partial charge on any atom is -0.409 e. The monoisotopic (exact) mass is 487 g/mol. The van der Waals surface area contributed by atoms with E-state index in [1.807, 2.05) is 0 Å². The Morgan fingerprint density at radius 2 is 1.88 bits per heavy atom. The summed E-state index contributed by atoms with van der Waals surface area (Å²) >= 11 is 7.34. The van der Waals surface area contributed by atoms with Gasteiger partial charge < -0.3 is 4.74 Å². The molecule has 0 heterocycles. The lowest BCUT2D eigenvalue weighted by Crippen LogP contribution is -2.30. The smallest absolute Gasteiger partial charge is 0.409 e. The molecule has 2 aromatic carbocycles. The zero-order valence-corrected chi connectivity index (χ0v) is 15.8. The summed E-state index contributed by atoms with van der Waals surface area (Å²) in [5.74, 6) is -0.612. The van der Waals surface area contributed by atoms with Gasteiger partial charge in [-0.2, -0.15) is 13.2 Å². The Labute approximate surface area is 159 Å². The first kappa shape index (κ1) is 19.8. The molecule has 134 valence electrons. The molecule has 2 rings (SSSR count). The highest BCUT2D eigenvalue weighted by Crippen LogP contribution is 2.36. The van der Waals surface area contributed by atoms with Crippen molar-refractivity contribution in [1.29, 1.82) is 0 Å². The maximum Gasteiger partial charge on any atom is 0.419 e. The van der Waals surface area contributed by atoms with Crippen LogP contribution in [0, 0.1) is 16.3 Å². The number of alkyl halides is 3. The SMILES string of the molecule is Cc1cc(C(F)(F)F)cc(I)c1OC(=O)N(C)c1ccc(F)c(Cl)c1. The predicted molar refractivity (Wildman–Crippen MR) is 94.7 cm³/mol. The molecule has 0 aliphatic rings. The fraction of sp³-hybridized carbons (Fsp3) is 0.188. The van der Waals surface area contributed by atoms with Crippen LogP contribution in [0.1, 0.15) is 11.1 Å². The largest absolute Gasteiger partial charge is 0.419 e. The second kappa shape index (κ2) is 7.36. The van der Waals surface area contributed by atoms with Gasteiger partial charge in [0.15, 0.2) is 0 Å². The molecular weight excluding hydrogens is 477 g/mol. The number of nitrogens with zero attached hydrogens (tertiary/aromatic N) is 1. The maximum absolute atomic E-state index is 13.2. The number of amides is 1. The van der Waals surface area contributed by atoms with Crippen LogP contribution in [0.4, 0.5) is 28.0 Å². The quantitative estimate of drug-likeness (QED) is 0.381. The standard InChI is InChI=1S/C16H11ClF4INO2/c1-8-5-9(16(19,20)21)6-13(22)14(8)25-15(24)23(2)10-3-4-12(18)11(17)7-10/h3-7H,1-2H3. The van der Waals surface area contributed by atoms with E-state index in [4.69, 9.17) is 16.3 Å². The molecule has 9 heteroatoms. The molecule has 2 aromatic rings. The van der Waals surface area contributed by atoms with E-state index >= 15 is 0 Å². The molecule has 0 aliphatic carbocycles. The third-order valence-electron chi connectivity index (χ3n) is 3.31. The third-order valence-corrected chi connectivity index (χ3v) is 4.40. The van der Waals surface area contributed by atoms with Crippen molar-refractivity contribution in [3.8, 4) is 5.75 Å². The van der Waals surface area contributed by atoms with Crippen LogP contribution in [-0.2, 0) is 6.18 Å². The maximum atomic E-state index is 13.2. The summed E-state index contributed by atoms with van der Waals surface area (Å²) in [5.41, 5.74) is -0.387. The van der Waals surface area contributed by atoms with Gasteiger partial charge >= 0.3 is 12.3 Å². The molecule has 25 heavy (non-hydrogen) atoms. The van der Waals surface area contributed by atoms with E-state index in [9.17, 15) is 22.4 Å². The first-order valence-electron chi connectivity index (χ1n) is 6.78. The first-order valence-corrected chi connectivity index (χ1v) is 8.24. The zero-order valence-electron chi connectivity index (χ0n) is 12.9. The van der Waals surface area contributed by atoms with E-state index in [-0.39, 0.29) is 25.6 Å². The van der Waals surface area contributed by atoms with Crippen molar-refractivity contribution < 1.29 is 27.1 Å². The van der Waals surface area contributed by atoms with Crippen molar-refractivity contribution in [1.82, 2.24) is 0 Å². The molecule has 0 atom stereocenters. The van der Waals surface area contributed by atoms with Crippen LogP contribution in [0.3, 0.4) is 0 Å². The van der Waals surface area contributed by atoms with Crippen molar-refractivity contribution in [2.75, 3.05) is 11.9 Å². The Balaban J connectivity index is 2.26. The number of rotatable bonds is 2. The lowest BCUT2D eigenvalue weighted by molar-refractivity contribution is -0.137. The van der Waals surface area contributed by atoms with Crippen LogP contribution >= 0.6 is 34.2 Å². The van der Waals surface area contributed by atoms with E-state index in [2.05, 4.69) is 0 Å². The normalized spacial score (nSPS) is 11.4. The van der Waals surface area contributed by atoms with Crippen LogP contribution in [-0.4, -0.2) is 13.1 Å². The highest BCUT2D eigenvalue weighted by molar-refractivity contribution is 14.1. The van der Waals surface area contributed by atoms with Crippen molar-refractivity contribution in [3.63, 3.8) is 0 Å². The highest BCUT2D eigenvalue weighted by atomic mass is 127. The number of aryl methyl sites for hydroxylation is 1. The van der Waals surface area contributed by atoms with Gasteiger partial charge in [0.2, 0.25) is 0 Å². The Kier molecular flexibility index (Phi) is 5.82. The van der Waals surface area contributed by atoms with E-state index in [0.29, 0.717) is 0 Å². The van der Waals surface area contributed by atoms with E-state index in [1.165, 1.54) is 26.1 Å². The van der Waals surface area contributed by atoms with Gasteiger partial charge in [0.05, 0.1) is 14.2 Å². The van der Waals surface area contributed by atoms with Crippen molar-refractivity contribution in [2.45, 2.75) is 13.1 Å². The lowest BCUT2D eigenvalue weighted by Gasteiger charge is -2.19. The van der Waals surface area contributed by atoms with Crippen LogP contribution in [0.5, 0.6) is 5.75 Å². The fourth-order valence-corrected chi connectivity index (χ4v) is 3.02. The van der Waals surface area contributed by atoms with Crippen LogP contribution in [0.15, 0.2) is 30.3 Å². The first-order chi connectivity index (χ1) is 11.5. The summed E-state index contributed by atoms with van der Waals surface area (Å²) in [6.07, 6.45) is -5.34. The molecule has 3 nitrogen and oxygen atoms in total. The Hall–Kier alpha value is -1.55. The second-order valence-corrected chi connectivity index (χ2v) is 6.70. The summed E-state index contributed by atoms with van der Waals surface area (Å²) in [6, 6.07) is 5.45. The summed E-state index contributed by atoms with van der Waals surface area (Å²) in [7, 11) is 1.37. The third kappa shape index (κ3) is 4.55. The summed E-state index contributed by atoms with van der Waals surface area (Å²) in [4.78, 5) is 13.3. The van der Waals surface area contributed by atoms with Crippen molar-refractivity contribution in [2.24, 2.45) is 0 Å². The number of carbonyl (C=O) groups is 1. The van der Waals surface area contributed by atoms with Crippen LogP contribution in [0.25, 0.3) is 0 Å². The molecule has 0 aliphatic heterocycles. The van der Waals surface area contributed by atoms with E-state index in [0.717, 1.165) is 23.1 Å². The van der Waals surface area contributed by atoms with Gasteiger partial charge in [0, 0.05) is 12.7 Å². The van der Waals surface area contributed by atoms with E-state index < -0.39 is 23.7 Å². The Morgan fingerprint density at radius 3 is 2.40 bits per heavy atom. The molecular formula is C16H11ClF4INO2. The summed E-state index contributed by atoms with van der Waals surface area (Å²) < 4.78 is 56.9. The highest BCUT2D eigenvalue weighted by Gasteiger charge is 2.32. The lowest BCUT2D eigenvalue weighted by atomic mass is 10.1. The van der Waals surface area contributed by atoms with Gasteiger partial charge in [-0.3, -0.25) is 4.90 Å². The molecule has 0 saturated carbocycles. The topological polar surface area (TPSA) is 29.5 Å². The molecule has 0 aromatic heterocycles. The van der Waals surface area contributed by atoms with Crippen LogP contribution in [0.2, 0.25) is 5.02 Å². The fourth-order valence-electron chi connectivity index (χ4n) is 1.98. The average molecular weight is 488 g/mol. The molecule has 0 fully saturated rings. The number of benzene rings is 2.